The number of ketones is 1. The molecule has 4 rings (SSSR count). The van der Waals surface area contributed by atoms with Gasteiger partial charge in [0.25, 0.3) is 5.56 Å². The highest BCUT2D eigenvalue weighted by molar-refractivity contribution is 6.04. The second-order valence-corrected chi connectivity index (χ2v) is 6.78. The molecule has 8 nitrogen and oxygen atoms in total. The van der Waals surface area contributed by atoms with Gasteiger partial charge in [-0.2, -0.15) is 5.10 Å². The Morgan fingerprint density at radius 2 is 1.80 bits per heavy atom. The van der Waals surface area contributed by atoms with Gasteiger partial charge in [-0.25, -0.2) is 9.48 Å². The number of ether oxygens (including phenoxy) is 3. The van der Waals surface area contributed by atoms with E-state index in [1.54, 1.807) is 42.5 Å². The second-order valence-electron chi connectivity index (χ2n) is 6.78. The number of fused-ring (bicyclic) bond motifs is 2. The largest absolute Gasteiger partial charge is 0.486 e. The zero-order valence-electron chi connectivity index (χ0n) is 16.4. The molecule has 2 heterocycles. The molecule has 0 spiro atoms. The van der Waals surface area contributed by atoms with Gasteiger partial charge in [0.15, 0.2) is 29.6 Å². The van der Waals surface area contributed by atoms with E-state index in [1.165, 1.54) is 4.68 Å². The Morgan fingerprint density at radius 3 is 2.57 bits per heavy atom. The number of aryl methyl sites for hydroxylation is 1. The second kappa shape index (κ2) is 8.36. The lowest BCUT2D eigenvalue weighted by molar-refractivity contribution is 0.0468. The van der Waals surface area contributed by atoms with Crippen LogP contribution in [0.3, 0.4) is 0 Å². The molecule has 0 saturated carbocycles. The first-order chi connectivity index (χ1) is 14.6. The van der Waals surface area contributed by atoms with Crippen LogP contribution >= 0.6 is 0 Å². The van der Waals surface area contributed by atoms with Crippen LogP contribution in [0.4, 0.5) is 0 Å². The Hall–Kier alpha value is -3.68. The van der Waals surface area contributed by atoms with Gasteiger partial charge in [0.1, 0.15) is 13.2 Å². The highest BCUT2D eigenvalue weighted by Crippen LogP contribution is 2.30. The van der Waals surface area contributed by atoms with Gasteiger partial charge < -0.3 is 14.2 Å². The maximum atomic E-state index is 12.7. The van der Waals surface area contributed by atoms with Crippen molar-refractivity contribution in [2.45, 2.75) is 19.9 Å². The van der Waals surface area contributed by atoms with Gasteiger partial charge in [0.05, 0.1) is 5.39 Å². The van der Waals surface area contributed by atoms with Crippen molar-refractivity contribution in [3.8, 4) is 11.5 Å². The molecular weight excluding hydrogens is 388 g/mol. The predicted molar refractivity (Wildman–Crippen MR) is 108 cm³/mol. The SMILES string of the molecule is CCCn1nc(C(=O)OCC(=O)c2ccc3c(c2)OCCO3)c2ccccc2c1=O. The number of rotatable bonds is 6. The average Bonchev–Trinajstić information content (AvgIpc) is 2.79. The van der Waals surface area contributed by atoms with Gasteiger partial charge >= 0.3 is 5.97 Å². The van der Waals surface area contributed by atoms with Crippen LogP contribution in [-0.2, 0) is 11.3 Å². The number of carbonyl (C=O) groups excluding carboxylic acids is 2. The number of Topliss-reactive ketones (excluding diaryl/α,β-unsaturated/α-hetero) is 1. The minimum Gasteiger partial charge on any atom is -0.486 e. The molecular formula is C22H20N2O6. The van der Waals surface area contributed by atoms with Gasteiger partial charge in [-0.3, -0.25) is 9.59 Å². The van der Waals surface area contributed by atoms with Crippen LogP contribution < -0.4 is 15.0 Å². The maximum Gasteiger partial charge on any atom is 0.359 e. The average molecular weight is 408 g/mol. The molecule has 1 aromatic heterocycles. The number of hydrogen-bond donors (Lipinski definition) is 0. The number of aromatic nitrogens is 2. The van der Waals surface area contributed by atoms with Gasteiger partial charge in [-0.15, -0.1) is 0 Å². The van der Waals surface area contributed by atoms with E-state index in [-0.39, 0.29) is 17.0 Å². The Bertz CT molecular complexity index is 1180. The van der Waals surface area contributed by atoms with E-state index in [2.05, 4.69) is 5.10 Å². The summed E-state index contributed by atoms with van der Waals surface area (Å²) in [5.74, 6) is -0.0881. The fraction of sp³-hybridized carbons (Fsp3) is 0.273. The van der Waals surface area contributed by atoms with Crippen molar-refractivity contribution in [3.05, 3.63) is 64.1 Å². The lowest BCUT2D eigenvalue weighted by Gasteiger charge is -2.18. The molecule has 2 aromatic carbocycles. The molecule has 0 saturated heterocycles. The summed E-state index contributed by atoms with van der Waals surface area (Å²) < 4.78 is 17.4. The lowest BCUT2D eigenvalue weighted by atomic mass is 10.1. The summed E-state index contributed by atoms with van der Waals surface area (Å²) in [5.41, 5.74) is 0.0887. The Kier molecular flexibility index (Phi) is 5.47. The smallest absolute Gasteiger partial charge is 0.359 e. The molecule has 1 aliphatic rings. The Balaban J connectivity index is 1.55. The third kappa shape index (κ3) is 3.76. The van der Waals surface area contributed by atoms with Crippen molar-refractivity contribution in [2.24, 2.45) is 0 Å². The monoisotopic (exact) mass is 408 g/mol. The van der Waals surface area contributed by atoms with E-state index in [1.807, 2.05) is 6.92 Å². The molecule has 0 bridgehead atoms. The highest BCUT2D eigenvalue weighted by atomic mass is 16.6. The molecule has 0 radical (unpaired) electrons. The maximum absolute atomic E-state index is 12.7. The van der Waals surface area contributed by atoms with Crippen LogP contribution in [0.25, 0.3) is 10.8 Å². The standard InChI is InChI=1S/C22H20N2O6/c1-2-9-24-21(26)16-6-4-3-5-15(16)20(23-24)22(27)30-13-17(25)14-7-8-18-19(12-14)29-11-10-28-18/h3-8,12H,2,9-11,13H2,1H3. The first-order valence-electron chi connectivity index (χ1n) is 9.68. The molecule has 0 amide bonds. The minimum atomic E-state index is -0.762. The number of carbonyl (C=O) groups is 2. The molecule has 0 N–H and O–H groups in total. The number of benzene rings is 2. The zero-order valence-corrected chi connectivity index (χ0v) is 16.4. The summed E-state index contributed by atoms with van der Waals surface area (Å²) in [6, 6.07) is 11.5. The molecule has 1 aliphatic heterocycles. The van der Waals surface area contributed by atoms with E-state index in [4.69, 9.17) is 14.2 Å². The van der Waals surface area contributed by atoms with Crippen LogP contribution in [0.15, 0.2) is 47.3 Å². The van der Waals surface area contributed by atoms with Crippen LogP contribution in [0, 0.1) is 0 Å². The Morgan fingerprint density at radius 1 is 1.07 bits per heavy atom. The van der Waals surface area contributed by atoms with Crippen molar-refractivity contribution in [1.82, 2.24) is 9.78 Å². The van der Waals surface area contributed by atoms with Crippen molar-refractivity contribution >= 4 is 22.5 Å². The van der Waals surface area contributed by atoms with Gasteiger partial charge in [-0.05, 0) is 30.7 Å². The van der Waals surface area contributed by atoms with Gasteiger partial charge in [-0.1, -0.05) is 25.1 Å². The van der Waals surface area contributed by atoms with Gasteiger partial charge in [0.2, 0.25) is 0 Å². The van der Waals surface area contributed by atoms with Crippen molar-refractivity contribution in [2.75, 3.05) is 19.8 Å². The van der Waals surface area contributed by atoms with Crippen molar-refractivity contribution < 1.29 is 23.8 Å². The summed E-state index contributed by atoms with van der Waals surface area (Å²) in [6.07, 6.45) is 0.683. The topological polar surface area (TPSA) is 96.7 Å². The first kappa shape index (κ1) is 19.6. The lowest BCUT2D eigenvalue weighted by Crippen LogP contribution is -2.27. The molecule has 0 aliphatic carbocycles. The fourth-order valence-electron chi connectivity index (χ4n) is 3.25. The van der Waals surface area contributed by atoms with E-state index >= 15 is 0 Å². The van der Waals surface area contributed by atoms with Crippen molar-refractivity contribution in [1.29, 1.82) is 0 Å². The molecule has 154 valence electrons. The van der Waals surface area contributed by atoms with Crippen LogP contribution in [0.2, 0.25) is 0 Å². The molecule has 30 heavy (non-hydrogen) atoms. The quantitative estimate of drug-likeness (QED) is 0.457. The number of esters is 1. The van der Waals surface area contributed by atoms with E-state index < -0.39 is 12.6 Å². The highest BCUT2D eigenvalue weighted by Gasteiger charge is 2.20. The molecule has 3 aromatic rings. The first-order valence-corrected chi connectivity index (χ1v) is 9.68. The van der Waals surface area contributed by atoms with Crippen LogP contribution in [0.5, 0.6) is 11.5 Å². The summed E-state index contributed by atoms with van der Waals surface area (Å²) in [7, 11) is 0. The summed E-state index contributed by atoms with van der Waals surface area (Å²) in [5, 5.41) is 4.96. The normalized spacial score (nSPS) is 12.6. The third-order valence-electron chi connectivity index (χ3n) is 4.70. The summed E-state index contributed by atoms with van der Waals surface area (Å²) in [4.78, 5) is 37.7. The predicted octanol–water partition coefficient (Wildman–Crippen LogP) is 2.62. The van der Waals surface area contributed by atoms with Crippen LogP contribution in [-0.4, -0.2) is 41.4 Å². The molecule has 8 heteroatoms. The number of hydrogen-bond acceptors (Lipinski definition) is 7. The minimum absolute atomic E-state index is 0.00799. The van der Waals surface area contributed by atoms with E-state index in [0.717, 1.165) is 0 Å². The van der Waals surface area contributed by atoms with Crippen molar-refractivity contribution in [3.63, 3.8) is 0 Å². The molecule has 0 fully saturated rings. The fourth-order valence-corrected chi connectivity index (χ4v) is 3.25. The van der Waals surface area contributed by atoms with E-state index in [0.29, 0.717) is 54.0 Å². The van der Waals surface area contributed by atoms with Crippen LogP contribution in [0.1, 0.15) is 34.2 Å². The molecule has 0 atom stereocenters. The number of nitrogens with zero attached hydrogens (tertiary/aromatic N) is 2. The Labute approximate surface area is 172 Å². The zero-order chi connectivity index (χ0) is 21.1. The summed E-state index contributed by atoms with van der Waals surface area (Å²) in [6.45, 7) is 2.69. The third-order valence-corrected chi connectivity index (χ3v) is 4.70. The van der Waals surface area contributed by atoms with Gasteiger partial charge in [0, 0.05) is 17.5 Å². The molecule has 0 unspecified atom stereocenters. The van der Waals surface area contributed by atoms with E-state index in [9.17, 15) is 14.4 Å². The summed E-state index contributed by atoms with van der Waals surface area (Å²) >= 11 is 0.